The fraction of sp³-hybridized carbons (Fsp3) is 0.474. The van der Waals surface area contributed by atoms with Crippen LogP contribution in [0.25, 0.3) is 0 Å². The number of methoxy groups -OCH3 is 1. The van der Waals surface area contributed by atoms with Gasteiger partial charge in [-0.15, -0.1) is 0 Å². The van der Waals surface area contributed by atoms with Gasteiger partial charge >= 0.3 is 0 Å². The van der Waals surface area contributed by atoms with Crippen molar-refractivity contribution in [2.75, 3.05) is 13.7 Å². The SMILES string of the molecule is COc1ccccc1CCCNC(=O)c1cc(CC(C)C)nn1C. The number of nitrogens with one attached hydrogen (secondary N) is 1. The van der Waals surface area contributed by atoms with Gasteiger partial charge in [0.05, 0.1) is 12.8 Å². The first-order valence-corrected chi connectivity index (χ1v) is 8.44. The molecule has 1 aromatic heterocycles. The Bertz CT molecular complexity index is 677. The predicted octanol–water partition coefficient (Wildman–Crippen LogP) is 2.99. The Morgan fingerprint density at radius 2 is 2.08 bits per heavy atom. The lowest BCUT2D eigenvalue weighted by atomic mass is 10.1. The lowest BCUT2D eigenvalue weighted by Gasteiger charge is -2.08. The Balaban J connectivity index is 1.84. The third-order valence-corrected chi connectivity index (χ3v) is 3.88. The number of benzene rings is 1. The number of para-hydroxylation sites is 1. The summed E-state index contributed by atoms with van der Waals surface area (Å²) < 4.78 is 7.00. The molecule has 0 fully saturated rings. The number of ether oxygens (including phenoxy) is 1. The van der Waals surface area contributed by atoms with Crippen molar-refractivity contribution >= 4 is 5.91 Å². The van der Waals surface area contributed by atoms with Crippen molar-refractivity contribution in [1.29, 1.82) is 0 Å². The summed E-state index contributed by atoms with van der Waals surface area (Å²) in [6.45, 7) is 4.92. The summed E-state index contributed by atoms with van der Waals surface area (Å²) in [4.78, 5) is 12.3. The van der Waals surface area contributed by atoms with E-state index in [-0.39, 0.29) is 5.91 Å². The van der Waals surface area contributed by atoms with Crippen LogP contribution in [0.15, 0.2) is 30.3 Å². The smallest absolute Gasteiger partial charge is 0.269 e. The van der Waals surface area contributed by atoms with Crippen LogP contribution in [-0.2, 0) is 19.9 Å². The third kappa shape index (κ3) is 4.85. The molecule has 0 atom stereocenters. The van der Waals surface area contributed by atoms with Crippen LogP contribution in [0.2, 0.25) is 0 Å². The van der Waals surface area contributed by atoms with Gasteiger partial charge < -0.3 is 10.1 Å². The molecule has 1 heterocycles. The number of hydrogen-bond donors (Lipinski definition) is 1. The third-order valence-electron chi connectivity index (χ3n) is 3.88. The number of rotatable bonds is 8. The van der Waals surface area contributed by atoms with Crippen molar-refractivity contribution in [3.63, 3.8) is 0 Å². The molecule has 2 rings (SSSR count). The largest absolute Gasteiger partial charge is 0.496 e. The molecule has 0 unspecified atom stereocenters. The highest BCUT2D eigenvalue weighted by atomic mass is 16.5. The molecule has 1 N–H and O–H groups in total. The standard InChI is InChI=1S/C19H27N3O2/c1-14(2)12-16-13-17(22(3)21-16)19(23)20-11-7-9-15-8-5-6-10-18(15)24-4/h5-6,8,10,13-14H,7,9,11-12H2,1-4H3,(H,20,23). The fourth-order valence-corrected chi connectivity index (χ4v) is 2.74. The van der Waals surface area contributed by atoms with Crippen LogP contribution in [0.3, 0.4) is 0 Å². The van der Waals surface area contributed by atoms with E-state index in [9.17, 15) is 4.79 Å². The molecule has 1 aromatic carbocycles. The number of amides is 1. The zero-order chi connectivity index (χ0) is 17.5. The van der Waals surface area contributed by atoms with Crippen LogP contribution in [-0.4, -0.2) is 29.3 Å². The molecule has 0 aliphatic rings. The van der Waals surface area contributed by atoms with Gasteiger partial charge in [-0.3, -0.25) is 9.48 Å². The monoisotopic (exact) mass is 329 g/mol. The maximum absolute atomic E-state index is 12.3. The van der Waals surface area contributed by atoms with E-state index in [0.717, 1.165) is 36.3 Å². The Morgan fingerprint density at radius 3 is 2.79 bits per heavy atom. The van der Waals surface area contributed by atoms with Crippen LogP contribution < -0.4 is 10.1 Å². The quantitative estimate of drug-likeness (QED) is 0.758. The Labute approximate surface area is 144 Å². The number of carbonyl (C=O) groups is 1. The Hall–Kier alpha value is -2.30. The van der Waals surface area contributed by atoms with Crippen molar-refractivity contribution in [2.24, 2.45) is 13.0 Å². The van der Waals surface area contributed by atoms with Crippen molar-refractivity contribution in [3.8, 4) is 5.75 Å². The normalized spacial score (nSPS) is 10.9. The van der Waals surface area contributed by atoms with Crippen molar-refractivity contribution in [2.45, 2.75) is 33.1 Å². The van der Waals surface area contributed by atoms with Crippen molar-refractivity contribution in [3.05, 3.63) is 47.3 Å². The predicted molar refractivity (Wildman–Crippen MR) is 95.4 cm³/mol. The average Bonchev–Trinajstić information content (AvgIpc) is 2.91. The Morgan fingerprint density at radius 1 is 1.33 bits per heavy atom. The zero-order valence-corrected chi connectivity index (χ0v) is 15.0. The van der Waals surface area contributed by atoms with Crippen LogP contribution in [0.5, 0.6) is 5.75 Å². The number of hydrogen-bond acceptors (Lipinski definition) is 3. The average molecular weight is 329 g/mol. The van der Waals surface area contributed by atoms with E-state index in [1.54, 1.807) is 11.8 Å². The number of carbonyl (C=O) groups excluding carboxylic acids is 1. The highest BCUT2D eigenvalue weighted by molar-refractivity contribution is 5.92. The summed E-state index contributed by atoms with van der Waals surface area (Å²) in [7, 11) is 3.49. The van der Waals surface area contributed by atoms with Gasteiger partial charge in [0, 0.05) is 13.6 Å². The number of aromatic nitrogens is 2. The van der Waals surface area contributed by atoms with Crippen molar-refractivity contribution < 1.29 is 9.53 Å². The van der Waals surface area contributed by atoms with E-state index in [1.165, 1.54) is 0 Å². The highest BCUT2D eigenvalue weighted by Crippen LogP contribution is 2.18. The van der Waals surface area contributed by atoms with Gasteiger partial charge in [0.15, 0.2) is 0 Å². The van der Waals surface area contributed by atoms with E-state index in [0.29, 0.717) is 18.2 Å². The van der Waals surface area contributed by atoms with E-state index < -0.39 is 0 Å². The van der Waals surface area contributed by atoms with E-state index in [1.807, 2.05) is 31.3 Å². The molecule has 0 aliphatic carbocycles. The van der Waals surface area contributed by atoms with Crippen LogP contribution >= 0.6 is 0 Å². The van der Waals surface area contributed by atoms with Crippen LogP contribution in [0.4, 0.5) is 0 Å². The van der Waals surface area contributed by atoms with Gasteiger partial charge in [-0.2, -0.15) is 5.10 Å². The minimum Gasteiger partial charge on any atom is -0.496 e. The first kappa shape index (κ1) is 18.0. The lowest BCUT2D eigenvalue weighted by Crippen LogP contribution is -2.26. The summed E-state index contributed by atoms with van der Waals surface area (Å²) in [5.74, 6) is 1.35. The van der Waals surface area contributed by atoms with E-state index >= 15 is 0 Å². The second-order valence-electron chi connectivity index (χ2n) is 6.41. The van der Waals surface area contributed by atoms with Crippen molar-refractivity contribution in [1.82, 2.24) is 15.1 Å². The summed E-state index contributed by atoms with van der Waals surface area (Å²) in [6.07, 6.45) is 2.62. The molecular weight excluding hydrogens is 302 g/mol. The molecule has 5 nitrogen and oxygen atoms in total. The Kier molecular flexibility index (Phi) is 6.41. The molecule has 0 bridgehead atoms. The molecule has 0 radical (unpaired) electrons. The summed E-state index contributed by atoms with van der Waals surface area (Å²) in [6, 6.07) is 9.86. The van der Waals surface area contributed by atoms with Gasteiger partial charge in [-0.1, -0.05) is 32.0 Å². The van der Waals surface area contributed by atoms with Gasteiger partial charge in [0.1, 0.15) is 11.4 Å². The van der Waals surface area contributed by atoms with Gasteiger partial charge in [-0.05, 0) is 42.9 Å². The fourth-order valence-electron chi connectivity index (χ4n) is 2.74. The van der Waals surface area contributed by atoms with Crippen LogP contribution in [0, 0.1) is 5.92 Å². The molecule has 24 heavy (non-hydrogen) atoms. The van der Waals surface area contributed by atoms with Gasteiger partial charge in [0.2, 0.25) is 0 Å². The first-order chi connectivity index (χ1) is 11.5. The summed E-state index contributed by atoms with van der Waals surface area (Å²) >= 11 is 0. The molecule has 0 aliphatic heterocycles. The molecule has 0 spiro atoms. The lowest BCUT2D eigenvalue weighted by molar-refractivity contribution is 0.0944. The maximum atomic E-state index is 12.3. The zero-order valence-electron chi connectivity index (χ0n) is 15.0. The van der Waals surface area contributed by atoms with Gasteiger partial charge in [0.25, 0.3) is 5.91 Å². The summed E-state index contributed by atoms with van der Waals surface area (Å²) in [5.41, 5.74) is 2.74. The molecule has 5 heteroatoms. The second-order valence-corrected chi connectivity index (χ2v) is 6.41. The molecular formula is C19H27N3O2. The molecule has 1 amide bonds. The first-order valence-electron chi connectivity index (χ1n) is 8.44. The molecule has 0 saturated carbocycles. The van der Waals surface area contributed by atoms with E-state index in [2.05, 4.69) is 30.3 Å². The number of aryl methyl sites for hydroxylation is 2. The van der Waals surface area contributed by atoms with E-state index in [4.69, 9.17) is 4.74 Å². The minimum atomic E-state index is -0.0694. The summed E-state index contributed by atoms with van der Waals surface area (Å²) in [5, 5.41) is 7.38. The topological polar surface area (TPSA) is 56.1 Å². The van der Waals surface area contributed by atoms with Crippen LogP contribution in [0.1, 0.15) is 42.0 Å². The second kappa shape index (κ2) is 8.52. The maximum Gasteiger partial charge on any atom is 0.269 e. The molecule has 2 aromatic rings. The minimum absolute atomic E-state index is 0.0694. The molecule has 130 valence electrons. The number of nitrogens with zero attached hydrogens (tertiary/aromatic N) is 2. The highest BCUT2D eigenvalue weighted by Gasteiger charge is 2.13. The molecule has 0 saturated heterocycles. The van der Waals surface area contributed by atoms with Gasteiger partial charge in [-0.25, -0.2) is 0 Å².